The summed E-state index contributed by atoms with van der Waals surface area (Å²) in [6.07, 6.45) is 6.88. The molecule has 54 heavy (non-hydrogen) atoms. The lowest BCUT2D eigenvalue weighted by molar-refractivity contribution is 0.360. The van der Waals surface area contributed by atoms with Crippen molar-refractivity contribution in [3.63, 3.8) is 0 Å². The summed E-state index contributed by atoms with van der Waals surface area (Å²) in [6, 6.07) is 34.6. The third-order valence-electron chi connectivity index (χ3n) is 11.9. The molecule has 3 saturated heterocycles. The predicted molar refractivity (Wildman–Crippen MR) is 224 cm³/mol. The van der Waals surface area contributed by atoms with Crippen molar-refractivity contribution in [3.05, 3.63) is 91.0 Å². The molecule has 0 unspecified atom stereocenters. The van der Waals surface area contributed by atoms with E-state index in [4.69, 9.17) is 15.0 Å². The first-order chi connectivity index (χ1) is 26.7. The summed E-state index contributed by atoms with van der Waals surface area (Å²) in [5, 5.41) is 0. The first kappa shape index (κ1) is 33.3. The number of anilines is 3. The van der Waals surface area contributed by atoms with E-state index in [1.807, 2.05) is 0 Å². The molecule has 9 heteroatoms. The minimum absolute atomic E-state index is 0.914. The van der Waals surface area contributed by atoms with E-state index in [1.54, 1.807) is 0 Å². The van der Waals surface area contributed by atoms with Crippen LogP contribution in [0, 0.1) is 0 Å². The molecule has 4 aromatic rings. The van der Waals surface area contributed by atoms with Gasteiger partial charge in [-0.2, -0.15) is 0 Å². The van der Waals surface area contributed by atoms with E-state index < -0.39 is 0 Å². The molecule has 276 valence electrons. The van der Waals surface area contributed by atoms with E-state index in [-0.39, 0.29) is 0 Å². The fourth-order valence-corrected chi connectivity index (χ4v) is 9.31. The van der Waals surface area contributed by atoms with E-state index in [0.29, 0.717) is 0 Å². The van der Waals surface area contributed by atoms with Crippen molar-refractivity contribution in [3.8, 4) is 33.4 Å². The fourth-order valence-electron chi connectivity index (χ4n) is 9.31. The Morgan fingerprint density at radius 1 is 0.315 bits per heavy atom. The minimum atomic E-state index is 0.914. The Morgan fingerprint density at radius 2 is 0.630 bits per heavy atom. The van der Waals surface area contributed by atoms with Crippen molar-refractivity contribution < 1.29 is 0 Å². The average molecular weight is 718 g/mol. The Kier molecular flexibility index (Phi) is 8.93. The molecule has 6 aliphatic heterocycles. The van der Waals surface area contributed by atoms with E-state index in [2.05, 4.69) is 120 Å². The molecule has 9 nitrogen and oxygen atoms in total. The summed E-state index contributed by atoms with van der Waals surface area (Å²) in [6.45, 7) is 12.4. The van der Waals surface area contributed by atoms with Crippen LogP contribution in [0.25, 0.3) is 33.4 Å². The van der Waals surface area contributed by atoms with E-state index in [0.717, 1.165) is 135 Å². The van der Waals surface area contributed by atoms with Crippen LogP contribution < -0.4 is 14.7 Å². The van der Waals surface area contributed by atoms with E-state index in [1.165, 1.54) is 50.4 Å². The van der Waals surface area contributed by atoms with Crippen LogP contribution in [-0.4, -0.2) is 111 Å². The molecule has 0 saturated carbocycles. The van der Waals surface area contributed by atoms with Gasteiger partial charge in [-0.3, -0.25) is 15.0 Å². The number of fused-ring (bicyclic) bond motifs is 3. The maximum Gasteiger partial charge on any atom is 0.201 e. The van der Waals surface area contributed by atoms with Gasteiger partial charge in [0.15, 0.2) is 0 Å². The number of nitrogens with zero attached hydrogens (tertiary/aromatic N) is 9. The molecule has 6 heterocycles. The van der Waals surface area contributed by atoms with Gasteiger partial charge in [-0.15, -0.1) is 0 Å². The zero-order chi connectivity index (χ0) is 35.8. The first-order valence-electron chi connectivity index (χ1n) is 20.4. The molecule has 3 fully saturated rings. The van der Waals surface area contributed by atoms with Crippen LogP contribution in [0.5, 0.6) is 0 Å². The van der Waals surface area contributed by atoms with Gasteiger partial charge in [0.2, 0.25) is 17.9 Å². The average Bonchev–Trinajstić information content (AvgIpc) is 3.26. The number of guanidine groups is 3. The van der Waals surface area contributed by atoms with Gasteiger partial charge >= 0.3 is 0 Å². The predicted octanol–water partition coefficient (Wildman–Crippen LogP) is 7.50. The third-order valence-corrected chi connectivity index (χ3v) is 11.9. The number of aliphatic imine (C=N–C) groups is 3. The van der Waals surface area contributed by atoms with E-state index >= 15 is 0 Å². The van der Waals surface area contributed by atoms with Crippen LogP contribution >= 0.6 is 0 Å². The van der Waals surface area contributed by atoms with Gasteiger partial charge in [0.1, 0.15) is 0 Å². The Bertz CT molecular complexity index is 1870. The highest BCUT2D eigenvalue weighted by Gasteiger charge is 2.29. The molecule has 0 aliphatic carbocycles. The van der Waals surface area contributed by atoms with Gasteiger partial charge in [-0.05, 0) is 127 Å². The molecule has 4 aromatic carbocycles. The number of hydrogen-bond acceptors (Lipinski definition) is 9. The highest BCUT2D eigenvalue weighted by Crippen LogP contribution is 2.37. The Hall–Kier alpha value is -5.31. The van der Waals surface area contributed by atoms with Gasteiger partial charge in [-0.25, -0.2) is 0 Å². The lowest BCUT2D eigenvalue weighted by Gasteiger charge is -2.41. The van der Waals surface area contributed by atoms with Crippen molar-refractivity contribution in [2.24, 2.45) is 15.0 Å². The zero-order valence-corrected chi connectivity index (χ0v) is 31.4. The lowest BCUT2D eigenvalue weighted by Crippen LogP contribution is -2.52. The Morgan fingerprint density at radius 3 is 0.963 bits per heavy atom. The first-order valence-corrected chi connectivity index (χ1v) is 20.4. The second-order valence-corrected chi connectivity index (χ2v) is 15.5. The Balaban J connectivity index is 1.06. The number of benzene rings is 4. The summed E-state index contributed by atoms with van der Waals surface area (Å²) >= 11 is 0. The molecule has 0 N–H and O–H groups in total. The standard InChI is InChI=1S/C45H51N9/c1-10-34(31-40(13-1)52-25-7-22-49-19-4-16-46-43(49)52)37-28-38(35-11-2-14-41(32-35)53-26-8-23-50-20-5-17-47-44(50)53)30-39(29-37)36-12-3-15-42(33-36)54-27-9-24-51-21-6-18-48-45(51)54/h1-3,10-15,28-33H,4-9,16-27H2. The highest BCUT2D eigenvalue weighted by molar-refractivity contribution is 6.00. The largest absolute Gasteiger partial charge is 0.342 e. The summed E-state index contributed by atoms with van der Waals surface area (Å²) < 4.78 is 0. The highest BCUT2D eigenvalue weighted by atomic mass is 15.4. The molecular weight excluding hydrogens is 667 g/mol. The van der Waals surface area contributed by atoms with Crippen LogP contribution in [-0.2, 0) is 0 Å². The van der Waals surface area contributed by atoms with Crippen molar-refractivity contribution >= 4 is 34.9 Å². The van der Waals surface area contributed by atoms with Crippen LogP contribution in [0.2, 0.25) is 0 Å². The Labute approximate surface area is 319 Å². The number of hydrogen-bond donors (Lipinski definition) is 0. The van der Waals surface area contributed by atoms with Crippen molar-refractivity contribution in [1.82, 2.24) is 14.7 Å². The fraction of sp³-hybridized carbons (Fsp3) is 0.400. The topological polar surface area (TPSA) is 56.5 Å². The summed E-state index contributed by atoms with van der Waals surface area (Å²) in [4.78, 5) is 29.7. The molecule has 10 rings (SSSR count). The molecule has 0 atom stereocenters. The summed E-state index contributed by atoms with van der Waals surface area (Å²) in [7, 11) is 0. The van der Waals surface area contributed by atoms with Crippen LogP contribution in [0.4, 0.5) is 17.1 Å². The molecular formula is C45H51N9. The summed E-state index contributed by atoms with van der Waals surface area (Å²) in [5.41, 5.74) is 11.0. The molecule has 6 aliphatic rings. The second-order valence-electron chi connectivity index (χ2n) is 15.5. The molecule has 0 radical (unpaired) electrons. The normalized spacial score (nSPS) is 20.1. The smallest absolute Gasteiger partial charge is 0.201 e. The van der Waals surface area contributed by atoms with Gasteiger partial charge < -0.3 is 29.4 Å². The monoisotopic (exact) mass is 717 g/mol. The minimum Gasteiger partial charge on any atom is -0.342 e. The maximum absolute atomic E-state index is 5.00. The number of rotatable bonds is 6. The van der Waals surface area contributed by atoms with Crippen molar-refractivity contribution in [2.45, 2.75) is 38.5 Å². The summed E-state index contributed by atoms with van der Waals surface area (Å²) in [5.74, 6) is 3.43. The van der Waals surface area contributed by atoms with Crippen molar-refractivity contribution in [2.75, 3.05) is 93.2 Å². The lowest BCUT2D eigenvalue weighted by atomic mass is 9.92. The van der Waals surface area contributed by atoms with Gasteiger partial charge in [0.25, 0.3) is 0 Å². The van der Waals surface area contributed by atoms with Gasteiger partial charge in [0.05, 0.1) is 0 Å². The van der Waals surface area contributed by atoms with Crippen molar-refractivity contribution in [1.29, 1.82) is 0 Å². The SMILES string of the molecule is c1cc(-c2cc(-c3cccc(N4CCCN5CCCN=C54)c3)cc(-c3cccc(N4CCCN5CCCN=C54)c3)c2)cc(N2CCCN3CCCN=C32)c1. The van der Waals surface area contributed by atoms with Crippen LogP contribution in [0.1, 0.15) is 38.5 Å². The quantitative estimate of drug-likeness (QED) is 0.206. The molecule has 0 amide bonds. The molecule has 0 spiro atoms. The van der Waals surface area contributed by atoms with E-state index in [9.17, 15) is 0 Å². The molecule has 0 bridgehead atoms. The molecule has 0 aromatic heterocycles. The third kappa shape index (κ3) is 6.37. The van der Waals surface area contributed by atoms with Crippen LogP contribution in [0.15, 0.2) is 106 Å². The van der Waals surface area contributed by atoms with Crippen LogP contribution in [0.3, 0.4) is 0 Å². The van der Waals surface area contributed by atoms with Gasteiger partial charge in [0, 0.05) is 95.6 Å². The zero-order valence-electron chi connectivity index (χ0n) is 31.4. The second kappa shape index (κ2) is 14.5. The van der Waals surface area contributed by atoms with Gasteiger partial charge in [-0.1, -0.05) is 36.4 Å². The maximum atomic E-state index is 5.00.